The molecule has 3 nitrogen and oxygen atoms in total. The van der Waals surface area contributed by atoms with Crippen LogP contribution >= 0.6 is 0 Å². The highest BCUT2D eigenvalue weighted by molar-refractivity contribution is 5.08. The summed E-state index contributed by atoms with van der Waals surface area (Å²) in [7, 11) is 0. The van der Waals surface area contributed by atoms with E-state index in [4.69, 9.17) is 4.52 Å². The summed E-state index contributed by atoms with van der Waals surface area (Å²) in [5.74, 6) is 0.922. The zero-order valence-electron chi connectivity index (χ0n) is 8.79. The molecule has 0 bridgehead atoms. The number of hydrogen-bond acceptors (Lipinski definition) is 3. The average molecular weight is 182 g/mol. The fourth-order valence-electron chi connectivity index (χ4n) is 1.28. The van der Waals surface area contributed by atoms with Gasteiger partial charge in [0, 0.05) is 12.1 Å². The third-order valence-electron chi connectivity index (χ3n) is 1.95. The van der Waals surface area contributed by atoms with Crippen LogP contribution in [0.25, 0.3) is 0 Å². The van der Waals surface area contributed by atoms with E-state index >= 15 is 0 Å². The highest BCUT2D eigenvalue weighted by Gasteiger charge is 2.11. The Bertz CT molecular complexity index is 255. The molecular weight excluding hydrogens is 164 g/mol. The van der Waals surface area contributed by atoms with Gasteiger partial charge >= 0.3 is 0 Å². The van der Waals surface area contributed by atoms with Gasteiger partial charge in [0.1, 0.15) is 0 Å². The average Bonchev–Trinajstić information content (AvgIpc) is 2.50. The van der Waals surface area contributed by atoms with Gasteiger partial charge in [-0.05, 0) is 13.3 Å². The molecule has 1 atom stereocenters. The topological polar surface area (TPSA) is 38.1 Å². The number of rotatable bonds is 4. The van der Waals surface area contributed by atoms with Crippen molar-refractivity contribution in [2.45, 2.75) is 46.2 Å². The van der Waals surface area contributed by atoms with Gasteiger partial charge in [0.25, 0.3) is 0 Å². The van der Waals surface area contributed by atoms with Crippen molar-refractivity contribution in [3.8, 4) is 0 Å². The smallest absolute Gasteiger partial charge is 0.153 e. The number of aryl methyl sites for hydroxylation is 1. The summed E-state index contributed by atoms with van der Waals surface area (Å²) in [5, 5.41) is 7.31. The fourth-order valence-corrected chi connectivity index (χ4v) is 1.28. The molecule has 0 radical (unpaired) electrons. The Morgan fingerprint density at radius 3 is 2.62 bits per heavy atom. The molecule has 1 rings (SSSR count). The highest BCUT2D eigenvalue weighted by atomic mass is 16.5. The van der Waals surface area contributed by atoms with Gasteiger partial charge in [0.05, 0.1) is 11.7 Å². The molecule has 0 aliphatic carbocycles. The lowest BCUT2D eigenvalue weighted by Gasteiger charge is -2.13. The maximum Gasteiger partial charge on any atom is 0.153 e. The van der Waals surface area contributed by atoms with Gasteiger partial charge in [-0.1, -0.05) is 25.9 Å². The first-order valence-corrected chi connectivity index (χ1v) is 4.85. The van der Waals surface area contributed by atoms with Crippen molar-refractivity contribution in [2.24, 2.45) is 0 Å². The van der Waals surface area contributed by atoms with E-state index in [1.165, 1.54) is 0 Å². The third-order valence-corrected chi connectivity index (χ3v) is 1.95. The molecule has 3 heteroatoms. The second kappa shape index (κ2) is 4.42. The number of nitrogens with one attached hydrogen (secondary N) is 1. The lowest BCUT2D eigenvalue weighted by Crippen LogP contribution is -2.25. The largest absolute Gasteiger partial charge is 0.359 e. The van der Waals surface area contributed by atoms with E-state index in [-0.39, 0.29) is 6.04 Å². The van der Waals surface area contributed by atoms with Crippen LogP contribution in [0.2, 0.25) is 0 Å². The molecule has 0 fully saturated rings. The molecule has 1 unspecified atom stereocenters. The summed E-state index contributed by atoms with van der Waals surface area (Å²) in [6.07, 6.45) is 0.928. The van der Waals surface area contributed by atoms with Crippen molar-refractivity contribution < 1.29 is 4.52 Å². The van der Waals surface area contributed by atoms with Gasteiger partial charge in [-0.2, -0.15) is 0 Å². The molecule has 74 valence electrons. The van der Waals surface area contributed by atoms with Gasteiger partial charge in [-0.15, -0.1) is 0 Å². The molecule has 1 N–H and O–H groups in total. The van der Waals surface area contributed by atoms with Gasteiger partial charge in [-0.3, -0.25) is 0 Å². The summed E-state index contributed by atoms with van der Waals surface area (Å²) < 4.78 is 5.21. The van der Waals surface area contributed by atoms with Crippen LogP contribution in [-0.2, 0) is 6.42 Å². The molecule has 0 aliphatic heterocycles. The molecule has 1 heterocycles. The molecule has 0 spiro atoms. The Morgan fingerprint density at radius 2 is 2.15 bits per heavy atom. The molecule has 0 saturated heterocycles. The van der Waals surface area contributed by atoms with Crippen molar-refractivity contribution in [3.63, 3.8) is 0 Å². The molecule has 1 aromatic rings. The van der Waals surface area contributed by atoms with Crippen molar-refractivity contribution in [1.29, 1.82) is 0 Å². The minimum Gasteiger partial charge on any atom is -0.359 e. The molecule has 0 aromatic carbocycles. The second-order valence-corrected chi connectivity index (χ2v) is 3.62. The Balaban J connectivity index is 2.60. The first-order valence-electron chi connectivity index (χ1n) is 4.85. The molecule has 0 aliphatic rings. The summed E-state index contributed by atoms with van der Waals surface area (Å²) in [6, 6.07) is 2.72. The van der Waals surface area contributed by atoms with Gasteiger partial charge < -0.3 is 9.84 Å². The van der Waals surface area contributed by atoms with Crippen LogP contribution in [0.15, 0.2) is 10.6 Å². The Kier molecular flexibility index (Phi) is 3.48. The van der Waals surface area contributed by atoms with Crippen molar-refractivity contribution in [1.82, 2.24) is 10.5 Å². The van der Waals surface area contributed by atoms with Gasteiger partial charge in [0.2, 0.25) is 0 Å². The molecule has 13 heavy (non-hydrogen) atoms. The highest BCUT2D eigenvalue weighted by Crippen LogP contribution is 2.14. The van der Waals surface area contributed by atoms with E-state index in [0.717, 1.165) is 17.9 Å². The van der Waals surface area contributed by atoms with E-state index in [9.17, 15) is 0 Å². The first kappa shape index (κ1) is 10.3. The van der Waals surface area contributed by atoms with Crippen LogP contribution in [0.3, 0.4) is 0 Å². The van der Waals surface area contributed by atoms with Crippen LogP contribution in [0.1, 0.15) is 45.2 Å². The Morgan fingerprint density at radius 1 is 1.46 bits per heavy atom. The Labute approximate surface area is 79.5 Å². The minimum atomic E-state index is 0.243. The maximum atomic E-state index is 5.21. The van der Waals surface area contributed by atoms with Crippen molar-refractivity contribution >= 4 is 0 Å². The minimum absolute atomic E-state index is 0.243. The van der Waals surface area contributed by atoms with Crippen LogP contribution in [0.5, 0.6) is 0 Å². The van der Waals surface area contributed by atoms with Crippen LogP contribution in [0.4, 0.5) is 0 Å². The zero-order valence-corrected chi connectivity index (χ0v) is 8.79. The lowest BCUT2D eigenvalue weighted by atomic mass is 10.2. The first-order chi connectivity index (χ1) is 6.13. The summed E-state index contributed by atoms with van der Waals surface area (Å²) in [4.78, 5) is 0. The van der Waals surface area contributed by atoms with E-state index in [1.54, 1.807) is 0 Å². The molecule has 0 amide bonds. The molecular formula is C10H18N2O. The van der Waals surface area contributed by atoms with Crippen LogP contribution in [0, 0.1) is 0 Å². The number of hydrogen-bond donors (Lipinski definition) is 1. The molecule has 1 aromatic heterocycles. The lowest BCUT2D eigenvalue weighted by molar-refractivity contribution is 0.334. The summed E-state index contributed by atoms with van der Waals surface area (Å²) >= 11 is 0. The van der Waals surface area contributed by atoms with E-state index in [2.05, 4.69) is 38.2 Å². The van der Waals surface area contributed by atoms with Gasteiger partial charge in [0.15, 0.2) is 5.76 Å². The van der Waals surface area contributed by atoms with Crippen molar-refractivity contribution in [3.05, 3.63) is 17.5 Å². The zero-order chi connectivity index (χ0) is 9.84. The normalized spacial score (nSPS) is 13.6. The van der Waals surface area contributed by atoms with Crippen molar-refractivity contribution in [2.75, 3.05) is 0 Å². The third kappa shape index (κ3) is 2.84. The van der Waals surface area contributed by atoms with E-state index < -0.39 is 0 Å². The second-order valence-electron chi connectivity index (χ2n) is 3.62. The standard InChI is InChI=1S/C10H18N2O/c1-5-9-6-10(13-12-9)8(4)11-7(2)3/h6-8,11H,5H2,1-4H3. The SMILES string of the molecule is CCc1cc(C(C)NC(C)C)on1. The summed E-state index contributed by atoms with van der Waals surface area (Å²) in [6.45, 7) is 8.39. The van der Waals surface area contributed by atoms with Crippen LogP contribution in [-0.4, -0.2) is 11.2 Å². The number of nitrogens with zero attached hydrogens (tertiary/aromatic N) is 1. The summed E-state index contributed by atoms with van der Waals surface area (Å²) in [5.41, 5.74) is 1.02. The predicted octanol–water partition coefficient (Wildman–Crippen LogP) is 2.30. The quantitative estimate of drug-likeness (QED) is 0.776. The van der Waals surface area contributed by atoms with E-state index in [1.807, 2.05) is 6.07 Å². The fraction of sp³-hybridized carbons (Fsp3) is 0.700. The maximum absolute atomic E-state index is 5.21. The van der Waals surface area contributed by atoms with Gasteiger partial charge in [-0.25, -0.2) is 0 Å². The van der Waals surface area contributed by atoms with E-state index in [0.29, 0.717) is 6.04 Å². The number of aromatic nitrogens is 1. The monoisotopic (exact) mass is 182 g/mol. The predicted molar refractivity (Wildman–Crippen MR) is 52.6 cm³/mol. The molecule has 0 saturated carbocycles. The Hall–Kier alpha value is -0.830. The van der Waals surface area contributed by atoms with Crippen LogP contribution < -0.4 is 5.32 Å².